The molecule has 12 heavy (non-hydrogen) atoms. The summed E-state index contributed by atoms with van der Waals surface area (Å²) in [5.41, 5.74) is -0.353. The van der Waals surface area contributed by atoms with Crippen molar-refractivity contribution in [3.8, 4) is 0 Å². The minimum absolute atomic E-state index is 0.353. The lowest BCUT2D eigenvalue weighted by Gasteiger charge is -2.32. The summed E-state index contributed by atoms with van der Waals surface area (Å²) in [6.07, 6.45) is 0.764. The molecular formula is C7H16ClNO2S. The van der Waals surface area contributed by atoms with Crippen molar-refractivity contribution in [1.29, 1.82) is 0 Å². The van der Waals surface area contributed by atoms with E-state index in [-0.39, 0.29) is 10.8 Å². The molecule has 0 amide bonds. The number of hydrogen-bond acceptors (Lipinski definition) is 2. The van der Waals surface area contributed by atoms with Gasteiger partial charge < -0.3 is 0 Å². The van der Waals surface area contributed by atoms with Gasteiger partial charge >= 0.3 is 0 Å². The van der Waals surface area contributed by atoms with Crippen LogP contribution >= 0.6 is 11.6 Å². The van der Waals surface area contributed by atoms with Crippen LogP contribution in [0.2, 0.25) is 0 Å². The Labute approximate surface area is 79.8 Å². The van der Waals surface area contributed by atoms with Crippen molar-refractivity contribution in [3.05, 3.63) is 0 Å². The maximum Gasteiger partial charge on any atom is 0.228 e. The first-order valence-corrected chi connectivity index (χ1v) is 5.95. The van der Waals surface area contributed by atoms with E-state index >= 15 is 0 Å². The molecule has 0 aliphatic heterocycles. The molecule has 0 saturated heterocycles. The molecule has 74 valence electrons. The van der Waals surface area contributed by atoms with Gasteiger partial charge in [-0.15, -0.1) is 11.6 Å². The Kier molecular flexibility index (Phi) is 4.00. The normalized spacial score (nSPS) is 13.8. The Hall–Kier alpha value is 0.200. The average Bonchev–Trinajstić information content (AvgIpc) is 2.03. The van der Waals surface area contributed by atoms with E-state index in [0.29, 0.717) is 0 Å². The van der Waals surface area contributed by atoms with Gasteiger partial charge in [-0.05, 0) is 20.3 Å². The molecule has 0 aliphatic rings. The summed E-state index contributed by atoms with van der Waals surface area (Å²) >= 11 is 5.32. The molecule has 0 aliphatic carbocycles. The second-order valence-electron chi connectivity index (χ2n) is 3.35. The van der Waals surface area contributed by atoms with E-state index in [1.807, 2.05) is 20.8 Å². The number of nitrogens with zero attached hydrogens (tertiary/aromatic N) is 1. The van der Waals surface area contributed by atoms with Crippen molar-refractivity contribution in [3.63, 3.8) is 0 Å². The highest BCUT2D eigenvalue weighted by molar-refractivity contribution is 7.90. The van der Waals surface area contributed by atoms with E-state index in [1.54, 1.807) is 7.05 Å². The van der Waals surface area contributed by atoms with Gasteiger partial charge in [0.05, 0.1) is 0 Å². The smallest absolute Gasteiger partial charge is 0.211 e. The van der Waals surface area contributed by atoms with Crippen LogP contribution in [0.1, 0.15) is 27.2 Å². The quantitative estimate of drug-likeness (QED) is 0.666. The lowest BCUT2D eigenvalue weighted by atomic mass is 10.0. The minimum Gasteiger partial charge on any atom is -0.211 e. The van der Waals surface area contributed by atoms with E-state index in [4.69, 9.17) is 11.6 Å². The summed E-state index contributed by atoms with van der Waals surface area (Å²) in [5, 5.41) is -0.354. The Morgan fingerprint density at radius 3 is 2.08 bits per heavy atom. The topological polar surface area (TPSA) is 37.4 Å². The van der Waals surface area contributed by atoms with Crippen LogP contribution in [0.3, 0.4) is 0 Å². The van der Waals surface area contributed by atoms with Gasteiger partial charge in [0.2, 0.25) is 10.0 Å². The number of sulfonamides is 1. The van der Waals surface area contributed by atoms with Crippen LogP contribution in [0.25, 0.3) is 0 Å². The Bertz CT molecular complexity index is 236. The third-order valence-corrected chi connectivity index (χ3v) is 4.70. The molecule has 0 atom stereocenters. The number of hydrogen-bond donors (Lipinski definition) is 0. The van der Waals surface area contributed by atoms with E-state index in [1.165, 1.54) is 4.31 Å². The second kappa shape index (κ2) is 3.94. The van der Waals surface area contributed by atoms with Crippen LogP contribution in [-0.4, -0.2) is 30.5 Å². The second-order valence-corrected chi connectivity index (χ2v) is 5.94. The molecule has 0 spiro atoms. The third kappa shape index (κ3) is 2.61. The molecule has 0 radical (unpaired) electrons. The van der Waals surface area contributed by atoms with Crippen molar-refractivity contribution in [2.24, 2.45) is 0 Å². The maximum absolute atomic E-state index is 11.3. The fourth-order valence-corrected chi connectivity index (χ4v) is 2.14. The molecule has 0 aromatic heterocycles. The molecule has 0 saturated carbocycles. The lowest BCUT2D eigenvalue weighted by molar-refractivity contribution is 0.258. The van der Waals surface area contributed by atoms with Crippen LogP contribution < -0.4 is 0 Å². The number of alkyl halides is 1. The number of rotatable bonds is 4. The number of halogens is 1. The lowest BCUT2D eigenvalue weighted by Crippen LogP contribution is -2.44. The summed E-state index contributed by atoms with van der Waals surface area (Å²) in [4.78, 5) is 0. The van der Waals surface area contributed by atoms with E-state index in [9.17, 15) is 8.42 Å². The highest BCUT2D eigenvalue weighted by atomic mass is 35.5. The Balaban J connectivity index is 4.72. The molecule has 3 nitrogen and oxygen atoms in total. The molecule has 0 bridgehead atoms. The van der Waals surface area contributed by atoms with E-state index in [0.717, 1.165) is 6.42 Å². The molecule has 0 aromatic rings. The van der Waals surface area contributed by atoms with E-state index in [2.05, 4.69) is 0 Å². The van der Waals surface area contributed by atoms with Crippen LogP contribution in [0, 0.1) is 0 Å². The molecule has 5 heteroatoms. The van der Waals surface area contributed by atoms with Crippen molar-refractivity contribution < 1.29 is 8.42 Å². The van der Waals surface area contributed by atoms with Gasteiger partial charge in [-0.1, -0.05) is 6.92 Å². The standard InChI is InChI=1S/C7H16ClNO2S/c1-5-7(2,3)9(4)12(10,11)6-8/h5-6H2,1-4H3. The van der Waals surface area contributed by atoms with Gasteiger partial charge in [-0.2, -0.15) is 4.31 Å². The molecule has 0 heterocycles. The van der Waals surface area contributed by atoms with Crippen molar-refractivity contribution in [2.75, 3.05) is 12.3 Å². The van der Waals surface area contributed by atoms with Crippen LogP contribution in [0.4, 0.5) is 0 Å². The molecule has 0 N–H and O–H groups in total. The fourth-order valence-electron chi connectivity index (χ4n) is 0.672. The molecule has 0 unspecified atom stereocenters. The van der Waals surface area contributed by atoms with Crippen LogP contribution in [0.5, 0.6) is 0 Å². The summed E-state index contributed by atoms with van der Waals surface area (Å²) in [7, 11) is -1.71. The fraction of sp³-hybridized carbons (Fsp3) is 1.00. The van der Waals surface area contributed by atoms with Crippen LogP contribution in [-0.2, 0) is 10.0 Å². The zero-order valence-corrected chi connectivity index (χ0v) is 9.54. The van der Waals surface area contributed by atoms with Gasteiger partial charge in [0.25, 0.3) is 0 Å². The van der Waals surface area contributed by atoms with E-state index < -0.39 is 10.0 Å². The van der Waals surface area contributed by atoms with Gasteiger partial charge in [0, 0.05) is 12.6 Å². The highest BCUT2D eigenvalue weighted by Gasteiger charge is 2.30. The van der Waals surface area contributed by atoms with Crippen molar-refractivity contribution in [1.82, 2.24) is 4.31 Å². The maximum atomic E-state index is 11.3. The molecule has 0 rings (SSSR count). The summed E-state index contributed by atoms with van der Waals surface area (Å²) in [6, 6.07) is 0. The Morgan fingerprint density at radius 1 is 1.42 bits per heavy atom. The van der Waals surface area contributed by atoms with Crippen molar-refractivity contribution in [2.45, 2.75) is 32.7 Å². The first-order valence-electron chi connectivity index (χ1n) is 3.80. The van der Waals surface area contributed by atoms with Crippen molar-refractivity contribution >= 4 is 21.6 Å². The zero-order valence-electron chi connectivity index (χ0n) is 7.96. The zero-order chi connectivity index (χ0) is 9.99. The molecule has 0 aromatic carbocycles. The third-order valence-electron chi connectivity index (χ3n) is 2.27. The summed E-state index contributed by atoms with van der Waals surface area (Å²) in [6.45, 7) is 5.69. The predicted molar refractivity (Wildman–Crippen MR) is 51.8 cm³/mol. The molecule has 0 fully saturated rings. The average molecular weight is 214 g/mol. The summed E-state index contributed by atoms with van der Waals surface area (Å²) < 4.78 is 23.9. The van der Waals surface area contributed by atoms with Gasteiger partial charge in [0.1, 0.15) is 5.21 Å². The van der Waals surface area contributed by atoms with Crippen LogP contribution in [0.15, 0.2) is 0 Å². The first kappa shape index (κ1) is 12.2. The SMILES string of the molecule is CCC(C)(C)N(C)S(=O)(=O)CCl. The predicted octanol–water partition coefficient (Wildman–Crippen LogP) is 1.63. The van der Waals surface area contributed by atoms with Gasteiger partial charge in [-0.25, -0.2) is 8.42 Å². The monoisotopic (exact) mass is 213 g/mol. The highest BCUT2D eigenvalue weighted by Crippen LogP contribution is 2.20. The Morgan fingerprint density at radius 2 is 1.83 bits per heavy atom. The molecular weight excluding hydrogens is 198 g/mol. The van der Waals surface area contributed by atoms with Gasteiger partial charge in [-0.3, -0.25) is 0 Å². The largest absolute Gasteiger partial charge is 0.228 e. The van der Waals surface area contributed by atoms with Gasteiger partial charge in [0.15, 0.2) is 0 Å². The first-order chi connectivity index (χ1) is 5.28. The minimum atomic E-state index is -3.27. The summed E-state index contributed by atoms with van der Waals surface area (Å²) in [5.74, 6) is 0.